The highest BCUT2D eigenvalue weighted by atomic mass is 31.1. The Morgan fingerprint density at radius 2 is 0.580 bits per heavy atom. The monoisotopic (exact) mass is 690 g/mol. The third-order valence-electron chi connectivity index (χ3n) is 9.64. The van der Waals surface area contributed by atoms with Crippen molar-refractivity contribution in [1.82, 2.24) is 0 Å². The highest BCUT2D eigenvalue weighted by Gasteiger charge is 2.29. The van der Waals surface area contributed by atoms with Crippen LogP contribution in [0.5, 0.6) is 0 Å². The summed E-state index contributed by atoms with van der Waals surface area (Å²) in [4.78, 5) is 0. The molecule has 0 amide bonds. The molecule has 0 aliphatic rings. The first-order valence-corrected chi connectivity index (χ1v) is 20.5. The standard InChI is InChI=1S/C48H52P2/c1-29-13-14-44(38(10)18-29)50(43-25-34(6)17-35(7)26-43)46-28-37(9)20-40(12)48(46)47-39(11)19-36(8)27-45(47)49(41-21-30(2)15-31(3)22-41)42-23-32(4)16-33(5)24-42/h13-28H,1-12H3. The zero-order chi connectivity index (χ0) is 36.0. The second-order valence-corrected chi connectivity index (χ2v) is 19.3. The molecule has 1 atom stereocenters. The quantitative estimate of drug-likeness (QED) is 0.146. The Morgan fingerprint density at radius 1 is 0.260 bits per heavy atom. The average molecular weight is 691 g/mol. The lowest BCUT2D eigenvalue weighted by molar-refractivity contribution is 1.36. The molecule has 6 aromatic carbocycles. The van der Waals surface area contributed by atoms with Crippen LogP contribution in [0.15, 0.2) is 97.1 Å². The minimum absolute atomic E-state index is 0.861. The molecule has 6 aromatic rings. The van der Waals surface area contributed by atoms with Crippen LogP contribution in [-0.4, -0.2) is 0 Å². The van der Waals surface area contributed by atoms with Crippen LogP contribution >= 0.6 is 15.8 Å². The molecule has 0 aliphatic heterocycles. The average Bonchev–Trinajstić information content (AvgIpc) is 2.98. The fourth-order valence-corrected chi connectivity index (χ4v) is 14.0. The highest BCUT2D eigenvalue weighted by Crippen LogP contribution is 2.45. The molecule has 0 fully saturated rings. The van der Waals surface area contributed by atoms with Crippen molar-refractivity contribution in [3.63, 3.8) is 0 Å². The third-order valence-corrected chi connectivity index (χ3v) is 14.6. The van der Waals surface area contributed by atoms with Gasteiger partial charge in [0.15, 0.2) is 0 Å². The van der Waals surface area contributed by atoms with Gasteiger partial charge in [-0.3, -0.25) is 0 Å². The molecule has 0 saturated carbocycles. The van der Waals surface area contributed by atoms with E-state index in [0.29, 0.717) is 0 Å². The zero-order valence-corrected chi connectivity index (χ0v) is 33.9. The van der Waals surface area contributed by atoms with E-state index in [2.05, 4.69) is 180 Å². The third kappa shape index (κ3) is 7.45. The zero-order valence-electron chi connectivity index (χ0n) is 32.1. The number of aryl methyl sites for hydroxylation is 12. The number of hydrogen-bond acceptors (Lipinski definition) is 0. The molecular formula is C48H52P2. The fraction of sp³-hybridized carbons (Fsp3) is 0.250. The Bertz CT molecular complexity index is 2140. The van der Waals surface area contributed by atoms with E-state index in [4.69, 9.17) is 0 Å². The Hall–Kier alpha value is -3.82. The Kier molecular flexibility index (Phi) is 10.4. The first-order valence-electron chi connectivity index (χ1n) is 17.8. The molecule has 0 heterocycles. The van der Waals surface area contributed by atoms with Crippen molar-refractivity contribution >= 4 is 47.7 Å². The Labute approximate surface area is 304 Å². The summed E-state index contributed by atoms with van der Waals surface area (Å²) in [5.41, 5.74) is 18.8. The molecule has 254 valence electrons. The summed E-state index contributed by atoms with van der Waals surface area (Å²) in [5.74, 6) is 0. The second-order valence-electron chi connectivity index (χ2n) is 15.0. The highest BCUT2D eigenvalue weighted by molar-refractivity contribution is 7.81. The molecule has 0 nitrogen and oxygen atoms in total. The summed E-state index contributed by atoms with van der Waals surface area (Å²) in [7, 11) is -1.72. The van der Waals surface area contributed by atoms with Gasteiger partial charge in [-0.25, -0.2) is 0 Å². The normalized spacial score (nSPS) is 12.1. The van der Waals surface area contributed by atoms with Crippen LogP contribution in [-0.2, 0) is 0 Å². The molecule has 0 N–H and O–H groups in total. The van der Waals surface area contributed by atoms with Crippen molar-refractivity contribution in [3.05, 3.63) is 164 Å². The summed E-state index contributed by atoms with van der Waals surface area (Å²) >= 11 is 0. The predicted octanol–water partition coefficient (Wildman–Crippen LogP) is 10.6. The van der Waals surface area contributed by atoms with Crippen molar-refractivity contribution < 1.29 is 0 Å². The van der Waals surface area contributed by atoms with E-state index in [9.17, 15) is 0 Å². The van der Waals surface area contributed by atoms with Gasteiger partial charge in [0.25, 0.3) is 0 Å². The van der Waals surface area contributed by atoms with E-state index in [1.165, 1.54) is 110 Å². The minimum atomic E-state index is -0.862. The van der Waals surface area contributed by atoms with Crippen LogP contribution in [0.2, 0.25) is 0 Å². The SMILES string of the molecule is Cc1cc(C)cc(P(c2cc(C)cc(C)c2)c2cc(C)cc(C)c2-c2c(C)cc(C)cc2P(c2cc(C)cc(C)c2)c2ccc(C)cc2C)c1. The second kappa shape index (κ2) is 14.4. The maximum atomic E-state index is 2.52. The van der Waals surface area contributed by atoms with Crippen LogP contribution in [0.3, 0.4) is 0 Å². The molecule has 0 saturated heterocycles. The van der Waals surface area contributed by atoms with E-state index < -0.39 is 15.8 Å². The van der Waals surface area contributed by atoms with E-state index in [-0.39, 0.29) is 0 Å². The van der Waals surface area contributed by atoms with E-state index in [0.717, 1.165) is 0 Å². The topological polar surface area (TPSA) is 0 Å². The van der Waals surface area contributed by atoms with Gasteiger partial charge in [-0.05, 0) is 159 Å². The molecule has 6 rings (SSSR count). The summed E-state index contributed by atoms with van der Waals surface area (Å²) in [6.45, 7) is 27.3. The van der Waals surface area contributed by atoms with Crippen molar-refractivity contribution in [2.24, 2.45) is 0 Å². The molecule has 0 bridgehead atoms. The van der Waals surface area contributed by atoms with Gasteiger partial charge in [0.2, 0.25) is 0 Å². The Balaban J connectivity index is 1.76. The van der Waals surface area contributed by atoms with Crippen molar-refractivity contribution in [2.75, 3.05) is 0 Å². The van der Waals surface area contributed by atoms with Gasteiger partial charge in [0.05, 0.1) is 0 Å². The van der Waals surface area contributed by atoms with Crippen LogP contribution in [0.25, 0.3) is 11.1 Å². The molecule has 50 heavy (non-hydrogen) atoms. The van der Waals surface area contributed by atoms with E-state index in [1.54, 1.807) is 0 Å². The van der Waals surface area contributed by atoms with E-state index >= 15 is 0 Å². The lowest BCUT2D eigenvalue weighted by atomic mass is 9.94. The number of benzene rings is 6. The number of rotatable bonds is 7. The predicted molar refractivity (Wildman–Crippen MR) is 226 cm³/mol. The molecule has 0 radical (unpaired) electrons. The largest absolute Gasteiger partial charge is 0.0586 e. The van der Waals surface area contributed by atoms with Crippen LogP contribution in [0.4, 0.5) is 0 Å². The number of hydrogen-bond donors (Lipinski definition) is 0. The lowest BCUT2D eigenvalue weighted by Crippen LogP contribution is -2.28. The molecule has 0 spiro atoms. The van der Waals surface area contributed by atoms with Gasteiger partial charge >= 0.3 is 0 Å². The maximum Gasteiger partial charge on any atom is -0.00615 e. The smallest absolute Gasteiger partial charge is 0.00615 e. The molecule has 0 aromatic heterocycles. The van der Waals surface area contributed by atoms with Gasteiger partial charge in [0, 0.05) is 0 Å². The molecule has 0 aliphatic carbocycles. The fourth-order valence-electron chi connectivity index (χ4n) is 8.02. The first kappa shape index (κ1) is 36.0. The van der Waals surface area contributed by atoms with E-state index in [1.807, 2.05) is 0 Å². The van der Waals surface area contributed by atoms with Gasteiger partial charge in [0.1, 0.15) is 0 Å². The first-order chi connectivity index (χ1) is 23.7. The van der Waals surface area contributed by atoms with Gasteiger partial charge in [-0.2, -0.15) is 0 Å². The lowest BCUT2D eigenvalue weighted by Gasteiger charge is -2.30. The Morgan fingerprint density at radius 3 is 0.960 bits per heavy atom. The van der Waals surface area contributed by atoms with Crippen LogP contribution in [0, 0.1) is 83.1 Å². The molecular weight excluding hydrogens is 638 g/mol. The van der Waals surface area contributed by atoms with Crippen molar-refractivity contribution in [3.8, 4) is 11.1 Å². The molecule has 1 unspecified atom stereocenters. The summed E-state index contributed by atoms with van der Waals surface area (Å²) in [5, 5.41) is 8.62. The van der Waals surface area contributed by atoms with Crippen LogP contribution in [0.1, 0.15) is 66.8 Å². The van der Waals surface area contributed by atoms with Gasteiger partial charge in [-0.1, -0.05) is 147 Å². The van der Waals surface area contributed by atoms with Crippen molar-refractivity contribution in [2.45, 2.75) is 83.1 Å². The summed E-state index contributed by atoms with van der Waals surface area (Å²) in [6, 6.07) is 38.5. The molecule has 2 heteroatoms. The summed E-state index contributed by atoms with van der Waals surface area (Å²) in [6.07, 6.45) is 0. The van der Waals surface area contributed by atoms with Gasteiger partial charge in [-0.15, -0.1) is 0 Å². The van der Waals surface area contributed by atoms with Crippen LogP contribution < -0.4 is 31.8 Å². The van der Waals surface area contributed by atoms with Crippen molar-refractivity contribution in [1.29, 1.82) is 0 Å². The van der Waals surface area contributed by atoms with Gasteiger partial charge < -0.3 is 0 Å². The maximum absolute atomic E-state index is 2.52. The minimum Gasteiger partial charge on any atom is -0.0586 e. The summed E-state index contributed by atoms with van der Waals surface area (Å²) < 4.78 is 0.